The third-order valence-corrected chi connectivity index (χ3v) is 3.04. The van der Waals surface area contributed by atoms with E-state index < -0.39 is 12.7 Å². The second-order valence-electron chi connectivity index (χ2n) is 4.34. The normalized spacial score (nSPS) is 19.5. The Morgan fingerprint density at radius 1 is 1.18 bits per heavy atom. The molecule has 0 saturated carbocycles. The van der Waals surface area contributed by atoms with Gasteiger partial charge < -0.3 is 0 Å². The van der Waals surface area contributed by atoms with Crippen molar-refractivity contribution >= 4 is 0 Å². The number of hydrogen-bond donors (Lipinski definition) is 0. The molecule has 6 heteroatoms. The summed E-state index contributed by atoms with van der Waals surface area (Å²) in [6.45, 7) is 0.170. The average molecular weight is 245 g/mol. The number of aromatic nitrogens is 2. The van der Waals surface area contributed by atoms with Crippen LogP contribution in [0.15, 0.2) is 18.7 Å². The van der Waals surface area contributed by atoms with Crippen LogP contribution in [0.2, 0.25) is 0 Å². The summed E-state index contributed by atoms with van der Waals surface area (Å²) in [7, 11) is 0. The van der Waals surface area contributed by atoms with Crippen LogP contribution in [0.4, 0.5) is 13.2 Å². The van der Waals surface area contributed by atoms with Crippen LogP contribution >= 0.6 is 0 Å². The van der Waals surface area contributed by atoms with Crippen LogP contribution in [-0.4, -0.2) is 40.7 Å². The number of piperidine rings is 1. The van der Waals surface area contributed by atoms with E-state index in [2.05, 4.69) is 9.97 Å². The summed E-state index contributed by atoms with van der Waals surface area (Å²) in [5, 5.41) is 0. The van der Waals surface area contributed by atoms with Crippen LogP contribution in [0.5, 0.6) is 0 Å². The van der Waals surface area contributed by atoms with Gasteiger partial charge in [-0.2, -0.15) is 13.2 Å². The minimum atomic E-state index is -4.09. The van der Waals surface area contributed by atoms with E-state index >= 15 is 0 Å². The van der Waals surface area contributed by atoms with E-state index in [-0.39, 0.29) is 0 Å². The van der Waals surface area contributed by atoms with Gasteiger partial charge >= 0.3 is 6.18 Å². The molecule has 0 N–H and O–H groups in total. The van der Waals surface area contributed by atoms with Crippen molar-refractivity contribution < 1.29 is 13.2 Å². The number of likely N-dealkylation sites (tertiary alicyclic amines) is 1. The van der Waals surface area contributed by atoms with E-state index in [0.717, 1.165) is 18.4 Å². The summed E-state index contributed by atoms with van der Waals surface area (Å²) in [6, 6.07) is 0. The van der Waals surface area contributed by atoms with E-state index in [0.29, 0.717) is 19.0 Å². The minimum Gasteiger partial charge on any atom is -0.295 e. The first-order valence-corrected chi connectivity index (χ1v) is 5.58. The number of nitrogens with zero attached hydrogens (tertiary/aromatic N) is 3. The Hall–Kier alpha value is -1.17. The standard InChI is InChI=1S/C11H14F3N3/c12-11(13,14)7-17-3-1-9(2-4-17)10-5-15-8-16-6-10/h5-6,8-9H,1-4,7H2. The van der Waals surface area contributed by atoms with Gasteiger partial charge in [-0.25, -0.2) is 9.97 Å². The summed E-state index contributed by atoms with van der Waals surface area (Å²) in [5.41, 5.74) is 1.03. The van der Waals surface area contributed by atoms with E-state index in [4.69, 9.17) is 0 Å². The third kappa shape index (κ3) is 3.66. The van der Waals surface area contributed by atoms with Gasteiger partial charge in [-0.1, -0.05) is 0 Å². The molecule has 1 fully saturated rings. The Labute approximate surface area is 97.7 Å². The molecule has 0 aliphatic carbocycles. The lowest BCUT2D eigenvalue weighted by atomic mass is 9.91. The predicted molar refractivity (Wildman–Crippen MR) is 56.5 cm³/mol. The Morgan fingerprint density at radius 3 is 2.29 bits per heavy atom. The first-order valence-electron chi connectivity index (χ1n) is 5.58. The van der Waals surface area contributed by atoms with Crippen LogP contribution in [0.1, 0.15) is 24.3 Å². The zero-order chi connectivity index (χ0) is 12.3. The van der Waals surface area contributed by atoms with Gasteiger partial charge in [-0.15, -0.1) is 0 Å². The van der Waals surface area contributed by atoms with Gasteiger partial charge in [0, 0.05) is 12.4 Å². The van der Waals surface area contributed by atoms with E-state index in [9.17, 15) is 13.2 Å². The van der Waals surface area contributed by atoms with Gasteiger partial charge in [0.05, 0.1) is 6.54 Å². The molecule has 0 spiro atoms. The van der Waals surface area contributed by atoms with Crippen LogP contribution in [0.25, 0.3) is 0 Å². The molecule has 0 aromatic carbocycles. The van der Waals surface area contributed by atoms with E-state index in [1.54, 1.807) is 12.4 Å². The molecule has 1 aliphatic heterocycles. The Kier molecular flexibility index (Phi) is 3.61. The zero-order valence-corrected chi connectivity index (χ0v) is 9.32. The van der Waals surface area contributed by atoms with Gasteiger partial charge in [-0.3, -0.25) is 4.90 Å². The molecule has 0 radical (unpaired) electrons. The quantitative estimate of drug-likeness (QED) is 0.800. The van der Waals surface area contributed by atoms with Crippen LogP contribution < -0.4 is 0 Å². The lowest BCUT2D eigenvalue weighted by Gasteiger charge is -2.32. The fourth-order valence-electron chi connectivity index (χ4n) is 2.20. The Bertz CT molecular complexity index is 345. The van der Waals surface area contributed by atoms with Crippen molar-refractivity contribution in [1.82, 2.24) is 14.9 Å². The molecule has 0 bridgehead atoms. The highest BCUT2D eigenvalue weighted by Crippen LogP contribution is 2.28. The van der Waals surface area contributed by atoms with Gasteiger partial charge in [0.15, 0.2) is 0 Å². The second kappa shape index (κ2) is 5.00. The maximum absolute atomic E-state index is 12.2. The molecule has 1 saturated heterocycles. The molecule has 1 aliphatic rings. The van der Waals surface area contributed by atoms with Crippen LogP contribution in [0, 0.1) is 0 Å². The first-order chi connectivity index (χ1) is 8.04. The molecular weight excluding hydrogens is 231 g/mol. The topological polar surface area (TPSA) is 29.0 Å². The largest absolute Gasteiger partial charge is 0.401 e. The highest BCUT2D eigenvalue weighted by molar-refractivity contribution is 5.11. The zero-order valence-electron chi connectivity index (χ0n) is 9.32. The predicted octanol–water partition coefficient (Wildman–Crippen LogP) is 2.22. The number of hydrogen-bond acceptors (Lipinski definition) is 3. The molecule has 0 atom stereocenters. The fraction of sp³-hybridized carbons (Fsp3) is 0.636. The molecule has 0 amide bonds. The average Bonchev–Trinajstić information content (AvgIpc) is 2.29. The Morgan fingerprint density at radius 2 is 1.76 bits per heavy atom. The smallest absolute Gasteiger partial charge is 0.295 e. The van der Waals surface area contributed by atoms with E-state index in [1.807, 2.05) is 0 Å². The summed E-state index contributed by atoms with van der Waals surface area (Å²) in [5.74, 6) is 0.292. The maximum Gasteiger partial charge on any atom is 0.401 e. The molecule has 1 aromatic rings. The summed E-state index contributed by atoms with van der Waals surface area (Å²) in [6.07, 6.45) is 2.34. The lowest BCUT2D eigenvalue weighted by molar-refractivity contribution is -0.147. The summed E-state index contributed by atoms with van der Waals surface area (Å²) in [4.78, 5) is 9.33. The summed E-state index contributed by atoms with van der Waals surface area (Å²) >= 11 is 0. The monoisotopic (exact) mass is 245 g/mol. The van der Waals surface area contributed by atoms with Gasteiger partial charge in [-0.05, 0) is 37.4 Å². The summed E-state index contributed by atoms with van der Waals surface area (Å²) < 4.78 is 36.6. The minimum absolute atomic E-state index is 0.292. The number of halogens is 3. The van der Waals surface area contributed by atoms with Crippen molar-refractivity contribution in [2.24, 2.45) is 0 Å². The van der Waals surface area contributed by atoms with Gasteiger partial charge in [0.2, 0.25) is 0 Å². The number of alkyl halides is 3. The molecule has 2 heterocycles. The first kappa shape index (κ1) is 12.3. The van der Waals surface area contributed by atoms with E-state index in [1.165, 1.54) is 11.2 Å². The highest BCUT2D eigenvalue weighted by Gasteiger charge is 2.32. The SMILES string of the molecule is FC(F)(F)CN1CCC(c2cncnc2)CC1. The number of rotatable bonds is 2. The van der Waals surface area contributed by atoms with Crippen molar-refractivity contribution in [3.8, 4) is 0 Å². The second-order valence-corrected chi connectivity index (χ2v) is 4.34. The van der Waals surface area contributed by atoms with Gasteiger partial charge in [0.1, 0.15) is 6.33 Å². The van der Waals surface area contributed by atoms with Crippen molar-refractivity contribution in [2.75, 3.05) is 19.6 Å². The van der Waals surface area contributed by atoms with Gasteiger partial charge in [0.25, 0.3) is 0 Å². The lowest BCUT2D eigenvalue weighted by Crippen LogP contribution is -2.39. The van der Waals surface area contributed by atoms with Crippen molar-refractivity contribution in [3.63, 3.8) is 0 Å². The fourth-order valence-corrected chi connectivity index (χ4v) is 2.20. The molecule has 3 nitrogen and oxygen atoms in total. The molecule has 1 aromatic heterocycles. The molecule has 94 valence electrons. The molecule has 17 heavy (non-hydrogen) atoms. The van der Waals surface area contributed by atoms with Crippen LogP contribution in [-0.2, 0) is 0 Å². The molecule has 0 unspecified atom stereocenters. The van der Waals surface area contributed by atoms with Crippen molar-refractivity contribution in [3.05, 3.63) is 24.3 Å². The van der Waals surface area contributed by atoms with Crippen molar-refractivity contribution in [1.29, 1.82) is 0 Å². The van der Waals surface area contributed by atoms with Crippen LogP contribution in [0.3, 0.4) is 0 Å². The highest BCUT2D eigenvalue weighted by atomic mass is 19.4. The molecular formula is C11H14F3N3. The Balaban J connectivity index is 1.86. The third-order valence-electron chi connectivity index (χ3n) is 3.04. The maximum atomic E-state index is 12.2. The molecule has 2 rings (SSSR count). The van der Waals surface area contributed by atoms with Crippen molar-refractivity contribution in [2.45, 2.75) is 24.9 Å².